The van der Waals surface area contributed by atoms with E-state index in [0.29, 0.717) is 11.8 Å². The van der Waals surface area contributed by atoms with Gasteiger partial charge >= 0.3 is 0 Å². The third-order valence-electron chi connectivity index (χ3n) is 4.19. The Morgan fingerprint density at radius 2 is 2.16 bits per heavy atom. The van der Waals surface area contributed by atoms with Gasteiger partial charge in [0.2, 0.25) is 0 Å². The molecule has 1 aromatic rings. The SMILES string of the molecule is CCCn1ncc(Cl)c1C1CCCCC1CNCC. The highest BCUT2D eigenvalue weighted by Gasteiger charge is 2.30. The quantitative estimate of drug-likeness (QED) is 0.860. The number of hydrogen-bond acceptors (Lipinski definition) is 2. The fourth-order valence-electron chi connectivity index (χ4n) is 3.27. The first kappa shape index (κ1) is 14.9. The lowest BCUT2D eigenvalue weighted by atomic mass is 9.77. The molecule has 0 aromatic carbocycles. The molecular weight excluding hydrogens is 258 g/mol. The first-order valence-corrected chi connectivity index (χ1v) is 8.07. The Bertz CT molecular complexity index is 389. The number of nitrogens with one attached hydrogen (secondary N) is 1. The summed E-state index contributed by atoms with van der Waals surface area (Å²) in [5.41, 5.74) is 1.28. The first-order valence-electron chi connectivity index (χ1n) is 7.69. The minimum atomic E-state index is 0.578. The van der Waals surface area contributed by atoms with Crippen molar-refractivity contribution in [2.75, 3.05) is 13.1 Å². The van der Waals surface area contributed by atoms with E-state index in [1.54, 1.807) is 0 Å². The van der Waals surface area contributed by atoms with Crippen molar-refractivity contribution in [2.24, 2.45) is 5.92 Å². The Kier molecular flexibility index (Phi) is 5.71. The van der Waals surface area contributed by atoms with E-state index < -0.39 is 0 Å². The van der Waals surface area contributed by atoms with Crippen LogP contribution in [0.3, 0.4) is 0 Å². The fraction of sp³-hybridized carbons (Fsp3) is 0.800. The van der Waals surface area contributed by atoms with E-state index in [2.05, 4.69) is 28.9 Å². The highest BCUT2D eigenvalue weighted by Crippen LogP contribution is 2.40. The molecule has 0 saturated heterocycles. The molecule has 1 heterocycles. The molecule has 4 heteroatoms. The summed E-state index contributed by atoms with van der Waals surface area (Å²) in [5.74, 6) is 1.29. The van der Waals surface area contributed by atoms with Crippen molar-refractivity contribution in [3.63, 3.8) is 0 Å². The van der Waals surface area contributed by atoms with Gasteiger partial charge in [0, 0.05) is 12.5 Å². The highest BCUT2D eigenvalue weighted by molar-refractivity contribution is 6.31. The van der Waals surface area contributed by atoms with Gasteiger partial charge < -0.3 is 5.32 Å². The lowest BCUT2D eigenvalue weighted by Crippen LogP contribution is -2.30. The molecule has 1 aliphatic rings. The van der Waals surface area contributed by atoms with Crippen molar-refractivity contribution in [1.82, 2.24) is 15.1 Å². The van der Waals surface area contributed by atoms with Crippen LogP contribution in [0.5, 0.6) is 0 Å². The zero-order valence-electron chi connectivity index (χ0n) is 12.2. The molecule has 19 heavy (non-hydrogen) atoms. The maximum Gasteiger partial charge on any atom is 0.0820 e. The van der Waals surface area contributed by atoms with Crippen LogP contribution in [0, 0.1) is 5.92 Å². The van der Waals surface area contributed by atoms with Crippen molar-refractivity contribution in [3.05, 3.63) is 16.9 Å². The molecule has 2 unspecified atom stereocenters. The van der Waals surface area contributed by atoms with Gasteiger partial charge in [-0.3, -0.25) is 4.68 Å². The van der Waals surface area contributed by atoms with Crippen molar-refractivity contribution in [1.29, 1.82) is 0 Å². The molecule has 0 spiro atoms. The average Bonchev–Trinajstić information content (AvgIpc) is 2.78. The van der Waals surface area contributed by atoms with Gasteiger partial charge in [-0.1, -0.05) is 38.3 Å². The van der Waals surface area contributed by atoms with Crippen molar-refractivity contribution >= 4 is 11.6 Å². The minimum absolute atomic E-state index is 0.578. The fourth-order valence-corrected chi connectivity index (χ4v) is 3.55. The van der Waals surface area contributed by atoms with Crippen molar-refractivity contribution in [2.45, 2.75) is 58.4 Å². The molecule has 1 fully saturated rings. The van der Waals surface area contributed by atoms with Gasteiger partial charge in [0.05, 0.1) is 16.9 Å². The summed E-state index contributed by atoms with van der Waals surface area (Å²) < 4.78 is 2.14. The summed E-state index contributed by atoms with van der Waals surface area (Å²) in [6.45, 7) is 7.49. The van der Waals surface area contributed by atoms with Gasteiger partial charge in [-0.2, -0.15) is 5.10 Å². The number of aromatic nitrogens is 2. The summed E-state index contributed by atoms with van der Waals surface area (Å²) in [4.78, 5) is 0. The molecule has 0 amide bonds. The molecule has 1 saturated carbocycles. The summed E-state index contributed by atoms with van der Waals surface area (Å²) in [6.07, 6.45) is 8.17. The standard InChI is InChI=1S/C15H26ClN3/c1-3-9-19-15(14(16)11-18-19)13-8-6-5-7-12(13)10-17-4-2/h11-13,17H,3-10H2,1-2H3. The molecule has 0 aliphatic heterocycles. The Labute approximate surface area is 121 Å². The van der Waals surface area contributed by atoms with Gasteiger partial charge in [0.1, 0.15) is 0 Å². The van der Waals surface area contributed by atoms with Crippen molar-refractivity contribution in [3.8, 4) is 0 Å². The Morgan fingerprint density at radius 1 is 1.37 bits per heavy atom. The second kappa shape index (κ2) is 7.30. The number of nitrogens with zero attached hydrogens (tertiary/aromatic N) is 2. The van der Waals surface area contributed by atoms with Crippen LogP contribution in [0.1, 0.15) is 57.6 Å². The van der Waals surface area contributed by atoms with E-state index >= 15 is 0 Å². The summed E-state index contributed by atoms with van der Waals surface area (Å²) in [6, 6.07) is 0. The maximum atomic E-state index is 6.41. The monoisotopic (exact) mass is 283 g/mol. The molecule has 108 valence electrons. The minimum Gasteiger partial charge on any atom is -0.317 e. The molecule has 1 aliphatic carbocycles. The van der Waals surface area contributed by atoms with Crippen LogP contribution in [0.2, 0.25) is 5.02 Å². The topological polar surface area (TPSA) is 29.9 Å². The third-order valence-corrected chi connectivity index (χ3v) is 4.48. The Morgan fingerprint density at radius 3 is 2.89 bits per heavy atom. The van der Waals surface area contributed by atoms with Crippen LogP contribution < -0.4 is 5.32 Å². The van der Waals surface area contributed by atoms with E-state index in [9.17, 15) is 0 Å². The van der Waals surface area contributed by atoms with E-state index in [1.165, 1.54) is 31.4 Å². The van der Waals surface area contributed by atoms with Crippen LogP contribution >= 0.6 is 11.6 Å². The van der Waals surface area contributed by atoms with Gasteiger partial charge in [0.25, 0.3) is 0 Å². The number of rotatable bonds is 6. The Hall–Kier alpha value is -0.540. The first-order chi connectivity index (χ1) is 9.27. The summed E-state index contributed by atoms with van der Waals surface area (Å²) >= 11 is 6.41. The van der Waals surface area contributed by atoms with Gasteiger partial charge in [-0.05, 0) is 38.3 Å². The molecular formula is C15H26ClN3. The zero-order valence-corrected chi connectivity index (χ0v) is 12.9. The molecule has 2 atom stereocenters. The van der Waals surface area contributed by atoms with Gasteiger partial charge in [-0.15, -0.1) is 0 Å². The predicted octanol–water partition coefficient (Wildman–Crippen LogP) is 3.83. The van der Waals surface area contributed by atoms with Crippen LogP contribution in [0.15, 0.2) is 6.20 Å². The smallest absolute Gasteiger partial charge is 0.0820 e. The largest absolute Gasteiger partial charge is 0.317 e. The van der Waals surface area contributed by atoms with Gasteiger partial charge in [-0.25, -0.2) is 0 Å². The Balaban J connectivity index is 2.18. The van der Waals surface area contributed by atoms with E-state index in [-0.39, 0.29) is 0 Å². The average molecular weight is 284 g/mol. The van der Waals surface area contributed by atoms with Crippen LogP contribution in [0.4, 0.5) is 0 Å². The molecule has 0 radical (unpaired) electrons. The third kappa shape index (κ3) is 3.51. The maximum absolute atomic E-state index is 6.41. The second-order valence-electron chi connectivity index (χ2n) is 5.56. The van der Waals surface area contributed by atoms with E-state index in [1.807, 2.05) is 6.20 Å². The van der Waals surface area contributed by atoms with E-state index in [4.69, 9.17) is 11.6 Å². The summed E-state index contributed by atoms with van der Waals surface area (Å²) in [5, 5.41) is 8.83. The molecule has 0 bridgehead atoms. The normalized spacial score (nSPS) is 23.7. The van der Waals surface area contributed by atoms with Gasteiger partial charge in [0.15, 0.2) is 0 Å². The van der Waals surface area contributed by atoms with Crippen LogP contribution in [-0.2, 0) is 6.54 Å². The number of hydrogen-bond donors (Lipinski definition) is 1. The predicted molar refractivity (Wildman–Crippen MR) is 80.8 cm³/mol. The molecule has 3 nitrogen and oxygen atoms in total. The zero-order chi connectivity index (χ0) is 13.7. The van der Waals surface area contributed by atoms with E-state index in [0.717, 1.165) is 31.1 Å². The molecule has 2 rings (SSSR count). The van der Waals surface area contributed by atoms with Crippen LogP contribution in [-0.4, -0.2) is 22.9 Å². The van der Waals surface area contributed by atoms with Crippen LogP contribution in [0.25, 0.3) is 0 Å². The number of aryl methyl sites for hydroxylation is 1. The van der Waals surface area contributed by atoms with Crippen molar-refractivity contribution < 1.29 is 0 Å². The lowest BCUT2D eigenvalue weighted by molar-refractivity contribution is 0.284. The second-order valence-corrected chi connectivity index (χ2v) is 5.97. The molecule has 1 aromatic heterocycles. The highest BCUT2D eigenvalue weighted by atomic mass is 35.5. The molecule has 1 N–H and O–H groups in total. The number of halogens is 1. The summed E-state index contributed by atoms with van der Waals surface area (Å²) in [7, 11) is 0. The lowest BCUT2D eigenvalue weighted by Gasteiger charge is -2.32.